The Bertz CT molecular complexity index is 308. The zero-order valence-electron chi connectivity index (χ0n) is 5.57. The van der Waals surface area contributed by atoms with Gasteiger partial charge in [-0.2, -0.15) is 0 Å². The third-order valence-electron chi connectivity index (χ3n) is 1.26. The van der Waals surface area contributed by atoms with E-state index in [0.29, 0.717) is 6.29 Å². The lowest BCUT2D eigenvalue weighted by molar-refractivity contribution is 0.112. The molecule has 0 bridgehead atoms. The topological polar surface area (TPSA) is 17.1 Å². The molecule has 1 rings (SSSR count). The van der Waals surface area contributed by atoms with Crippen LogP contribution in [0.1, 0.15) is 10.4 Å². The van der Waals surface area contributed by atoms with Crippen LogP contribution in [0.3, 0.4) is 0 Å². The highest BCUT2D eigenvalue weighted by molar-refractivity contribution is 6.49. The van der Waals surface area contributed by atoms with Crippen LogP contribution in [-0.2, 0) is 0 Å². The van der Waals surface area contributed by atoms with Crippen LogP contribution in [0.15, 0.2) is 6.07 Å². The van der Waals surface area contributed by atoms with Crippen LogP contribution in [0.5, 0.6) is 0 Å². The van der Waals surface area contributed by atoms with Crippen LogP contribution in [0.2, 0.25) is 20.1 Å². The molecular formula is C7H2Cl4O. The molecule has 12 heavy (non-hydrogen) atoms. The van der Waals surface area contributed by atoms with Gasteiger partial charge >= 0.3 is 0 Å². The zero-order chi connectivity index (χ0) is 9.30. The predicted octanol–water partition coefficient (Wildman–Crippen LogP) is 4.11. The number of rotatable bonds is 1. The maximum absolute atomic E-state index is 10.5. The van der Waals surface area contributed by atoms with Gasteiger partial charge in [-0.1, -0.05) is 46.4 Å². The Labute approximate surface area is 89.2 Å². The Hall–Kier alpha value is 0.0500. The summed E-state index contributed by atoms with van der Waals surface area (Å²) >= 11 is 22.6. The van der Waals surface area contributed by atoms with Gasteiger partial charge in [-0.25, -0.2) is 0 Å². The lowest BCUT2D eigenvalue weighted by atomic mass is 10.2. The van der Waals surface area contributed by atoms with Gasteiger partial charge in [-0.05, 0) is 6.07 Å². The third kappa shape index (κ3) is 1.69. The Balaban J connectivity index is 3.52. The largest absolute Gasteiger partial charge is 0.298 e. The molecule has 0 saturated carbocycles. The Morgan fingerprint density at radius 3 is 1.75 bits per heavy atom. The molecule has 64 valence electrons. The number of benzene rings is 1. The standard InChI is InChI=1S/C7H2Cl4O/c8-4-1-5(9)7(11)3(2-12)6(4)10/h1-2H. The van der Waals surface area contributed by atoms with Gasteiger partial charge in [0.1, 0.15) is 0 Å². The first-order valence-electron chi connectivity index (χ1n) is 2.86. The first kappa shape index (κ1) is 10.1. The molecule has 5 heteroatoms. The summed E-state index contributed by atoms with van der Waals surface area (Å²) in [5, 5.41) is 0.684. The number of hydrogen-bond acceptors (Lipinski definition) is 1. The van der Waals surface area contributed by atoms with E-state index in [1.165, 1.54) is 6.07 Å². The van der Waals surface area contributed by atoms with Gasteiger partial charge < -0.3 is 0 Å². The Morgan fingerprint density at radius 2 is 1.42 bits per heavy atom. The Morgan fingerprint density at radius 1 is 1.00 bits per heavy atom. The van der Waals surface area contributed by atoms with E-state index in [4.69, 9.17) is 46.4 Å². The zero-order valence-corrected chi connectivity index (χ0v) is 8.60. The van der Waals surface area contributed by atoms with Gasteiger partial charge in [0.05, 0.1) is 25.7 Å². The van der Waals surface area contributed by atoms with Gasteiger partial charge in [0.25, 0.3) is 0 Å². The molecule has 0 aliphatic carbocycles. The Kier molecular flexibility index (Phi) is 3.24. The van der Waals surface area contributed by atoms with E-state index in [1.807, 2.05) is 0 Å². The monoisotopic (exact) mass is 242 g/mol. The maximum Gasteiger partial charge on any atom is 0.153 e. The summed E-state index contributed by atoms with van der Waals surface area (Å²) in [7, 11) is 0. The van der Waals surface area contributed by atoms with Crippen molar-refractivity contribution in [1.29, 1.82) is 0 Å². The summed E-state index contributed by atoms with van der Waals surface area (Å²) < 4.78 is 0. The van der Waals surface area contributed by atoms with Gasteiger partial charge in [0, 0.05) is 0 Å². The molecular weight excluding hydrogens is 242 g/mol. The molecule has 1 aromatic carbocycles. The number of carbonyl (C=O) groups excluding carboxylic acids is 1. The average Bonchev–Trinajstić information content (AvgIpc) is 2.02. The third-order valence-corrected chi connectivity index (χ3v) is 2.87. The van der Waals surface area contributed by atoms with Crippen LogP contribution in [0.25, 0.3) is 0 Å². The quantitative estimate of drug-likeness (QED) is 0.536. The summed E-state index contributed by atoms with van der Waals surface area (Å²) in [6.45, 7) is 0. The fourth-order valence-corrected chi connectivity index (χ4v) is 1.61. The van der Waals surface area contributed by atoms with E-state index < -0.39 is 0 Å². The van der Waals surface area contributed by atoms with E-state index in [9.17, 15) is 4.79 Å². The number of carbonyl (C=O) groups is 1. The smallest absolute Gasteiger partial charge is 0.153 e. The predicted molar refractivity (Wildman–Crippen MR) is 51.9 cm³/mol. The number of hydrogen-bond donors (Lipinski definition) is 0. The van der Waals surface area contributed by atoms with E-state index in [1.54, 1.807) is 0 Å². The van der Waals surface area contributed by atoms with Crippen molar-refractivity contribution in [2.45, 2.75) is 0 Å². The highest BCUT2D eigenvalue weighted by Crippen LogP contribution is 2.35. The molecule has 1 aromatic rings. The maximum atomic E-state index is 10.5. The lowest BCUT2D eigenvalue weighted by Gasteiger charge is -2.03. The van der Waals surface area contributed by atoms with Crippen LogP contribution in [0, 0.1) is 0 Å². The fraction of sp³-hybridized carbons (Fsp3) is 0. The molecule has 0 spiro atoms. The fourth-order valence-electron chi connectivity index (χ4n) is 0.695. The lowest BCUT2D eigenvalue weighted by Crippen LogP contribution is -1.86. The summed E-state index contributed by atoms with van der Waals surface area (Å²) in [5.41, 5.74) is 0.121. The van der Waals surface area contributed by atoms with E-state index in [2.05, 4.69) is 0 Å². The summed E-state index contributed by atoms with van der Waals surface area (Å²) in [5.74, 6) is 0. The van der Waals surface area contributed by atoms with Crippen molar-refractivity contribution in [2.24, 2.45) is 0 Å². The van der Waals surface area contributed by atoms with Crippen molar-refractivity contribution in [2.75, 3.05) is 0 Å². The molecule has 0 amide bonds. The van der Waals surface area contributed by atoms with E-state index in [-0.39, 0.29) is 25.7 Å². The molecule has 0 aliphatic heterocycles. The minimum absolute atomic E-state index is 0.121. The molecule has 0 fully saturated rings. The van der Waals surface area contributed by atoms with Crippen molar-refractivity contribution < 1.29 is 4.79 Å². The van der Waals surface area contributed by atoms with E-state index in [0.717, 1.165) is 0 Å². The SMILES string of the molecule is O=Cc1c(Cl)c(Cl)cc(Cl)c1Cl. The van der Waals surface area contributed by atoms with Crippen LogP contribution < -0.4 is 0 Å². The van der Waals surface area contributed by atoms with Gasteiger partial charge in [0.2, 0.25) is 0 Å². The second-order valence-corrected chi connectivity index (χ2v) is 3.57. The van der Waals surface area contributed by atoms with Gasteiger partial charge in [-0.15, -0.1) is 0 Å². The second kappa shape index (κ2) is 3.84. The van der Waals surface area contributed by atoms with Crippen molar-refractivity contribution in [3.8, 4) is 0 Å². The summed E-state index contributed by atoms with van der Waals surface area (Å²) in [6.07, 6.45) is 0.516. The highest BCUT2D eigenvalue weighted by Gasteiger charge is 2.12. The van der Waals surface area contributed by atoms with E-state index >= 15 is 0 Å². The van der Waals surface area contributed by atoms with Gasteiger partial charge in [-0.3, -0.25) is 4.79 Å². The van der Waals surface area contributed by atoms with Crippen molar-refractivity contribution in [3.63, 3.8) is 0 Å². The normalized spacial score (nSPS) is 10.0. The minimum atomic E-state index is 0.121. The molecule has 0 radical (unpaired) electrons. The molecule has 1 nitrogen and oxygen atoms in total. The molecule has 0 atom stereocenters. The second-order valence-electron chi connectivity index (χ2n) is 2.00. The molecule has 0 unspecified atom stereocenters. The molecule has 0 heterocycles. The summed E-state index contributed by atoms with van der Waals surface area (Å²) in [4.78, 5) is 10.5. The first-order valence-corrected chi connectivity index (χ1v) is 4.37. The van der Waals surface area contributed by atoms with Crippen LogP contribution in [-0.4, -0.2) is 6.29 Å². The van der Waals surface area contributed by atoms with Crippen LogP contribution >= 0.6 is 46.4 Å². The molecule has 0 aromatic heterocycles. The first-order chi connectivity index (χ1) is 5.57. The van der Waals surface area contributed by atoms with Crippen molar-refractivity contribution in [1.82, 2.24) is 0 Å². The average molecular weight is 244 g/mol. The number of aldehydes is 1. The molecule has 0 aliphatic rings. The van der Waals surface area contributed by atoms with Gasteiger partial charge in [0.15, 0.2) is 6.29 Å². The number of halogens is 4. The van der Waals surface area contributed by atoms with Crippen molar-refractivity contribution in [3.05, 3.63) is 31.7 Å². The minimum Gasteiger partial charge on any atom is -0.298 e. The highest BCUT2D eigenvalue weighted by atomic mass is 35.5. The summed E-state index contributed by atoms with van der Waals surface area (Å²) in [6, 6.07) is 1.39. The van der Waals surface area contributed by atoms with Crippen LogP contribution in [0.4, 0.5) is 0 Å². The van der Waals surface area contributed by atoms with Crippen molar-refractivity contribution >= 4 is 52.7 Å². The molecule has 0 saturated heterocycles. The molecule has 0 N–H and O–H groups in total.